The van der Waals surface area contributed by atoms with Gasteiger partial charge in [-0.15, -0.1) is 5.10 Å². The first kappa shape index (κ1) is 22.2. The van der Waals surface area contributed by atoms with Crippen LogP contribution in [0.2, 0.25) is 5.02 Å². The molecule has 1 fully saturated rings. The molecule has 1 aromatic heterocycles. The first-order valence-electron chi connectivity index (χ1n) is 10.0. The lowest BCUT2D eigenvalue weighted by Crippen LogP contribution is -2.45. The third-order valence-electron chi connectivity index (χ3n) is 4.82. The first-order valence-corrected chi connectivity index (χ1v) is 10.4. The Balaban J connectivity index is 1.64. The minimum Gasteiger partial charge on any atom is -0.459 e. The lowest BCUT2D eigenvalue weighted by molar-refractivity contribution is -0.158. The number of amides is 1. The molecule has 1 aliphatic rings. The molecule has 2 N–H and O–H groups in total. The molecule has 1 aromatic carbocycles. The summed E-state index contributed by atoms with van der Waals surface area (Å²) in [5, 5.41) is 17.4. The van der Waals surface area contributed by atoms with E-state index in [0.29, 0.717) is 28.7 Å². The molecule has 0 radical (unpaired) electrons. The average Bonchev–Trinajstić information content (AvgIpc) is 3.13. The van der Waals surface area contributed by atoms with Crippen LogP contribution in [0.3, 0.4) is 0 Å². The van der Waals surface area contributed by atoms with Crippen LogP contribution in [0.5, 0.6) is 0 Å². The van der Waals surface area contributed by atoms with E-state index < -0.39 is 11.6 Å². The summed E-state index contributed by atoms with van der Waals surface area (Å²) in [5.41, 5.74) is 0.464. The fraction of sp³-hybridized carbons (Fsp3) is 0.550. The van der Waals surface area contributed by atoms with Crippen molar-refractivity contribution in [3.63, 3.8) is 0 Å². The van der Waals surface area contributed by atoms with Crippen LogP contribution in [0.15, 0.2) is 24.5 Å². The molecule has 1 heterocycles. The van der Waals surface area contributed by atoms with Gasteiger partial charge in [0.2, 0.25) is 5.91 Å². The summed E-state index contributed by atoms with van der Waals surface area (Å²) in [6.45, 7) is 5.45. The molecule has 0 aliphatic heterocycles. The Labute approximate surface area is 180 Å². The van der Waals surface area contributed by atoms with Crippen molar-refractivity contribution in [2.24, 2.45) is 5.92 Å². The Bertz CT molecular complexity index is 877. The number of ether oxygens (including phenoxy) is 1. The standard InChI is InChI=1S/C20H27ClN6O3/c1-20(2,3)30-19(29)16(9-13-5-4-6-13)22-11-18(28)24-15-10-14(21)7-8-17(15)27-12-23-25-26-27/h7-8,10,12-13,16,22H,4-6,9,11H2,1-3H3,(H,24,28). The van der Waals surface area contributed by atoms with Gasteiger partial charge < -0.3 is 10.1 Å². The van der Waals surface area contributed by atoms with Gasteiger partial charge in [0.1, 0.15) is 18.0 Å². The van der Waals surface area contributed by atoms with Crippen LogP contribution < -0.4 is 10.6 Å². The van der Waals surface area contributed by atoms with Crippen molar-refractivity contribution in [2.75, 3.05) is 11.9 Å². The third-order valence-corrected chi connectivity index (χ3v) is 5.06. The number of halogens is 1. The van der Waals surface area contributed by atoms with Gasteiger partial charge >= 0.3 is 5.97 Å². The molecular formula is C20H27ClN6O3. The zero-order valence-corrected chi connectivity index (χ0v) is 18.1. The molecule has 10 heteroatoms. The molecule has 1 atom stereocenters. The van der Waals surface area contributed by atoms with E-state index in [1.807, 2.05) is 20.8 Å². The lowest BCUT2D eigenvalue weighted by atomic mass is 9.81. The van der Waals surface area contributed by atoms with Gasteiger partial charge in [0.15, 0.2) is 0 Å². The Morgan fingerprint density at radius 1 is 1.33 bits per heavy atom. The van der Waals surface area contributed by atoms with E-state index in [9.17, 15) is 9.59 Å². The zero-order chi connectivity index (χ0) is 21.7. The SMILES string of the molecule is CC(C)(C)OC(=O)C(CC1CCC1)NCC(=O)Nc1cc(Cl)ccc1-n1cnnn1. The predicted octanol–water partition coefficient (Wildman–Crippen LogP) is 2.74. The summed E-state index contributed by atoms with van der Waals surface area (Å²) in [5.74, 6) is -0.162. The Kier molecular flexibility index (Phi) is 7.04. The van der Waals surface area contributed by atoms with Gasteiger partial charge in [0, 0.05) is 5.02 Å². The number of aromatic nitrogens is 4. The number of hydrogen-bond acceptors (Lipinski definition) is 7. The number of rotatable bonds is 8. The van der Waals surface area contributed by atoms with Crippen LogP contribution in [0, 0.1) is 5.92 Å². The number of tetrazole rings is 1. The molecule has 3 rings (SSSR count). The number of nitrogens with zero attached hydrogens (tertiary/aromatic N) is 4. The molecule has 0 spiro atoms. The number of esters is 1. The quantitative estimate of drug-likeness (QED) is 0.614. The van der Waals surface area contributed by atoms with Gasteiger partial charge in [0.25, 0.3) is 0 Å². The molecule has 1 saturated carbocycles. The second-order valence-corrected chi connectivity index (χ2v) is 8.90. The van der Waals surface area contributed by atoms with Crippen molar-refractivity contribution < 1.29 is 14.3 Å². The van der Waals surface area contributed by atoms with E-state index in [-0.39, 0.29) is 18.4 Å². The molecular weight excluding hydrogens is 408 g/mol. The topological polar surface area (TPSA) is 111 Å². The second kappa shape index (κ2) is 9.53. The lowest BCUT2D eigenvalue weighted by Gasteiger charge is -2.31. The molecule has 30 heavy (non-hydrogen) atoms. The summed E-state index contributed by atoms with van der Waals surface area (Å²) >= 11 is 6.08. The smallest absolute Gasteiger partial charge is 0.323 e. The van der Waals surface area contributed by atoms with Gasteiger partial charge in [-0.3, -0.25) is 14.9 Å². The summed E-state index contributed by atoms with van der Waals surface area (Å²) in [6, 6.07) is 4.49. The highest BCUT2D eigenvalue weighted by molar-refractivity contribution is 6.31. The van der Waals surface area contributed by atoms with Gasteiger partial charge in [-0.25, -0.2) is 0 Å². The number of anilines is 1. The Morgan fingerprint density at radius 2 is 2.10 bits per heavy atom. The molecule has 1 aliphatic carbocycles. The van der Waals surface area contributed by atoms with Crippen LogP contribution in [-0.2, 0) is 14.3 Å². The van der Waals surface area contributed by atoms with E-state index in [2.05, 4.69) is 26.2 Å². The largest absolute Gasteiger partial charge is 0.459 e. The molecule has 162 valence electrons. The van der Waals surface area contributed by atoms with Crippen molar-refractivity contribution in [2.45, 2.75) is 58.1 Å². The molecule has 9 nitrogen and oxygen atoms in total. The highest BCUT2D eigenvalue weighted by atomic mass is 35.5. The second-order valence-electron chi connectivity index (χ2n) is 8.46. The minimum atomic E-state index is -0.583. The van der Waals surface area contributed by atoms with Crippen molar-refractivity contribution in [1.29, 1.82) is 0 Å². The molecule has 1 unspecified atom stereocenters. The fourth-order valence-electron chi connectivity index (χ4n) is 3.19. The van der Waals surface area contributed by atoms with Gasteiger partial charge in [-0.05, 0) is 61.7 Å². The van der Waals surface area contributed by atoms with E-state index in [1.54, 1.807) is 18.2 Å². The van der Waals surface area contributed by atoms with Crippen molar-refractivity contribution >= 4 is 29.2 Å². The number of nitrogens with one attached hydrogen (secondary N) is 2. The maximum atomic E-state index is 12.6. The fourth-order valence-corrected chi connectivity index (χ4v) is 3.36. The zero-order valence-electron chi connectivity index (χ0n) is 17.4. The Hall–Kier alpha value is -2.52. The highest BCUT2D eigenvalue weighted by Crippen LogP contribution is 2.31. The first-order chi connectivity index (χ1) is 14.2. The van der Waals surface area contributed by atoms with Crippen LogP contribution in [0.4, 0.5) is 5.69 Å². The van der Waals surface area contributed by atoms with Crippen LogP contribution >= 0.6 is 11.6 Å². The van der Waals surface area contributed by atoms with E-state index >= 15 is 0 Å². The predicted molar refractivity (Wildman–Crippen MR) is 112 cm³/mol. The van der Waals surface area contributed by atoms with Crippen molar-refractivity contribution in [3.8, 4) is 5.69 Å². The number of carbonyl (C=O) groups is 2. The number of carbonyl (C=O) groups excluding carboxylic acids is 2. The van der Waals surface area contributed by atoms with Gasteiger partial charge in [0.05, 0.1) is 17.9 Å². The molecule has 1 amide bonds. The molecule has 0 bridgehead atoms. The van der Waals surface area contributed by atoms with Crippen molar-refractivity contribution in [1.82, 2.24) is 25.5 Å². The highest BCUT2D eigenvalue weighted by Gasteiger charge is 2.30. The maximum Gasteiger partial charge on any atom is 0.323 e. The van der Waals surface area contributed by atoms with E-state index in [0.717, 1.165) is 12.8 Å². The van der Waals surface area contributed by atoms with E-state index in [4.69, 9.17) is 16.3 Å². The average molecular weight is 435 g/mol. The van der Waals surface area contributed by atoms with Gasteiger partial charge in [-0.1, -0.05) is 30.9 Å². The summed E-state index contributed by atoms with van der Waals surface area (Å²) in [4.78, 5) is 25.2. The summed E-state index contributed by atoms with van der Waals surface area (Å²) in [7, 11) is 0. The Morgan fingerprint density at radius 3 is 2.70 bits per heavy atom. The van der Waals surface area contributed by atoms with Crippen LogP contribution in [-0.4, -0.2) is 50.3 Å². The van der Waals surface area contributed by atoms with Crippen molar-refractivity contribution in [3.05, 3.63) is 29.5 Å². The molecule has 2 aromatic rings. The minimum absolute atomic E-state index is 0.0435. The normalized spacial score (nSPS) is 15.3. The maximum absolute atomic E-state index is 12.6. The number of benzene rings is 1. The summed E-state index contributed by atoms with van der Waals surface area (Å²) < 4.78 is 6.96. The van der Waals surface area contributed by atoms with E-state index in [1.165, 1.54) is 17.4 Å². The van der Waals surface area contributed by atoms with Crippen LogP contribution in [0.25, 0.3) is 5.69 Å². The monoisotopic (exact) mass is 434 g/mol. The van der Waals surface area contributed by atoms with Gasteiger partial charge in [-0.2, -0.15) is 4.68 Å². The summed E-state index contributed by atoms with van der Waals surface area (Å²) in [6.07, 6.45) is 5.47. The molecule has 0 saturated heterocycles. The third kappa shape index (κ3) is 6.24. The number of hydrogen-bond donors (Lipinski definition) is 2. The van der Waals surface area contributed by atoms with Crippen LogP contribution in [0.1, 0.15) is 46.5 Å².